The topological polar surface area (TPSA) is 77.6 Å². The minimum atomic E-state index is -0.0685. The van der Waals surface area contributed by atoms with E-state index in [9.17, 15) is 5.11 Å². The van der Waals surface area contributed by atoms with Crippen LogP contribution in [0.15, 0.2) is 77.5 Å². The predicted octanol–water partition coefficient (Wildman–Crippen LogP) is 4.70. The SMILES string of the molecule is Cc1oc(-c2ccccc2)nc1COc1cccc(COc2cncc(CO)c2)c1. The number of ether oxygens (including phenoxy) is 2. The van der Waals surface area contributed by atoms with Crippen molar-refractivity contribution in [3.63, 3.8) is 0 Å². The molecule has 0 saturated heterocycles. The Balaban J connectivity index is 1.38. The number of aliphatic hydroxyl groups excluding tert-OH is 1. The lowest BCUT2D eigenvalue weighted by molar-refractivity contribution is 0.276. The van der Waals surface area contributed by atoms with Gasteiger partial charge in [-0.05, 0) is 48.4 Å². The summed E-state index contributed by atoms with van der Waals surface area (Å²) in [6, 6.07) is 19.3. The Hall–Kier alpha value is -3.64. The van der Waals surface area contributed by atoms with Gasteiger partial charge >= 0.3 is 0 Å². The molecule has 152 valence electrons. The van der Waals surface area contributed by atoms with E-state index in [0.717, 1.165) is 28.3 Å². The number of benzene rings is 2. The van der Waals surface area contributed by atoms with Gasteiger partial charge in [-0.1, -0.05) is 30.3 Å². The van der Waals surface area contributed by atoms with Gasteiger partial charge in [-0.3, -0.25) is 4.98 Å². The highest BCUT2D eigenvalue weighted by atomic mass is 16.5. The normalized spacial score (nSPS) is 10.7. The summed E-state index contributed by atoms with van der Waals surface area (Å²) in [5.41, 5.74) is 3.37. The Bertz CT molecular complexity index is 1110. The van der Waals surface area contributed by atoms with Crippen molar-refractivity contribution >= 4 is 0 Å². The molecule has 2 heterocycles. The predicted molar refractivity (Wildman–Crippen MR) is 112 cm³/mol. The third-order valence-electron chi connectivity index (χ3n) is 4.55. The van der Waals surface area contributed by atoms with E-state index >= 15 is 0 Å². The smallest absolute Gasteiger partial charge is 0.226 e. The number of aromatic nitrogens is 2. The van der Waals surface area contributed by atoms with Gasteiger partial charge in [0.15, 0.2) is 0 Å². The molecule has 0 aliphatic carbocycles. The highest BCUT2D eigenvalue weighted by molar-refractivity contribution is 5.53. The van der Waals surface area contributed by atoms with Crippen LogP contribution in [-0.4, -0.2) is 15.1 Å². The summed E-state index contributed by atoms with van der Waals surface area (Å²) in [6.45, 7) is 2.50. The van der Waals surface area contributed by atoms with Crippen molar-refractivity contribution in [3.8, 4) is 23.0 Å². The Morgan fingerprint density at radius 2 is 1.67 bits per heavy atom. The second-order valence-corrected chi connectivity index (χ2v) is 6.80. The summed E-state index contributed by atoms with van der Waals surface area (Å²) >= 11 is 0. The van der Waals surface area contributed by atoms with Crippen LogP contribution in [0.2, 0.25) is 0 Å². The average molecular weight is 402 g/mol. The number of nitrogens with zero attached hydrogens (tertiary/aromatic N) is 2. The summed E-state index contributed by atoms with van der Waals surface area (Å²) in [5.74, 6) is 2.67. The molecule has 2 aromatic carbocycles. The van der Waals surface area contributed by atoms with Crippen LogP contribution in [-0.2, 0) is 19.8 Å². The fourth-order valence-electron chi connectivity index (χ4n) is 2.94. The van der Waals surface area contributed by atoms with Crippen molar-refractivity contribution in [1.29, 1.82) is 0 Å². The molecule has 1 N–H and O–H groups in total. The van der Waals surface area contributed by atoms with Gasteiger partial charge in [-0.2, -0.15) is 0 Å². The van der Waals surface area contributed by atoms with Crippen molar-refractivity contribution in [2.24, 2.45) is 0 Å². The quantitative estimate of drug-likeness (QED) is 0.460. The third kappa shape index (κ3) is 4.85. The van der Waals surface area contributed by atoms with Crippen molar-refractivity contribution in [3.05, 3.63) is 95.6 Å². The van der Waals surface area contributed by atoms with Gasteiger partial charge in [0.25, 0.3) is 0 Å². The van der Waals surface area contributed by atoms with E-state index in [1.165, 1.54) is 0 Å². The molecule has 0 amide bonds. The Labute approximate surface area is 174 Å². The zero-order chi connectivity index (χ0) is 20.8. The molecule has 2 aromatic heterocycles. The molecule has 0 unspecified atom stereocenters. The molecule has 0 atom stereocenters. The maximum absolute atomic E-state index is 9.20. The highest BCUT2D eigenvalue weighted by Gasteiger charge is 2.12. The van der Waals surface area contributed by atoms with Gasteiger partial charge in [0.2, 0.25) is 5.89 Å². The molecule has 6 nitrogen and oxygen atoms in total. The number of aliphatic hydroxyl groups is 1. The highest BCUT2D eigenvalue weighted by Crippen LogP contribution is 2.23. The fourth-order valence-corrected chi connectivity index (χ4v) is 2.94. The molecular weight excluding hydrogens is 380 g/mol. The number of rotatable bonds is 8. The monoisotopic (exact) mass is 402 g/mol. The summed E-state index contributed by atoms with van der Waals surface area (Å²) in [7, 11) is 0. The van der Waals surface area contributed by atoms with Gasteiger partial charge < -0.3 is 19.0 Å². The van der Waals surface area contributed by atoms with E-state index in [1.807, 2.05) is 61.5 Å². The second kappa shape index (κ2) is 9.24. The molecule has 0 aliphatic rings. The van der Waals surface area contributed by atoms with Crippen LogP contribution in [0.1, 0.15) is 22.6 Å². The molecule has 6 heteroatoms. The summed E-state index contributed by atoms with van der Waals surface area (Å²) in [5, 5.41) is 9.20. The second-order valence-electron chi connectivity index (χ2n) is 6.80. The number of aryl methyl sites for hydroxylation is 1. The van der Waals surface area contributed by atoms with Crippen molar-refractivity contribution in [1.82, 2.24) is 9.97 Å². The molecular formula is C24H22N2O4. The molecule has 30 heavy (non-hydrogen) atoms. The molecule has 4 rings (SSSR count). The van der Waals surface area contributed by atoms with Crippen LogP contribution < -0.4 is 9.47 Å². The summed E-state index contributed by atoms with van der Waals surface area (Å²) in [4.78, 5) is 8.62. The molecule has 4 aromatic rings. The van der Waals surface area contributed by atoms with E-state index in [1.54, 1.807) is 18.5 Å². The largest absolute Gasteiger partial charge is 0.487 e. The van der Waals surface area contributed by atoms with E-state index in [0.29, 0.717) is 30.4 Å². The zero-order valence-corrected chi connectivity index (χ0v) is 16.6. The minimum Gasteiger partial charge on any atom is -0.487 e. The first-order valence-electron chi connectivity index (χ1n) is 9.62. The number of hydrogen-bond acceptors (Lipinski definition) is 6. The molecule has 0 spiro atoms. The summed E-state index contributed by atoms with van der Waals surface area (Å²) < 4.78 is 17.5. The van der Waals surface area contributed by atoms with Crippen LogP contribution >= 0.6 is 0 Å². The van der Waals surface area contributed by atoms with Crippen LogP contribution in [0.3, 0.4) is 0 Å². The van der Waals surface area contributed by atoms with Crippen LogP contribution in [0.4, 0.5) is 0 Å². The van der Waals surface area contributed by atoms with Gasteiger partial charge in [0.05, 0.1) is 12.8 Å². The van der Waals surface area contributed by atoms with Gasteiger partial charge in [0, 0.05) is 11.8 Å². The van der Waals surface area contributed by atoms with Gasteiger partial charge in [-0.15, -0.1) is 0 Å². The summed E-state index contributed by atoms with van der Waals surface area (Å²) in [6.07, 6.45) is 3.23. The maximum atomic E-state index is 9.20. The third-order valence-corrected chi connectivity index (χ3v) is 4.55. The Morgan fingerprint density at radius 1 is 0.867 bits per heavy atom. The van der Waals surface area contributed by atoms with E-state index in [2.05, 4.69) is 9.97 Å². The Morgan fingerprint density at radius 3 is 2.50 bits per heavy atom. The maximum Gasteiger partial charge on any atom is 0.226 e. The average Bonchev–Trinajstić information content (AvgIpc) is 3.18. The van der Waals surface area contributed by atoms with Gasteiger partial charge in [0.1, 0.15) is 36.2 Å². The first-order chi connectivity index (χ1) is 14.7. The van der Waals surface area contributed by atoms with Crippen LogP contribution in [0.5, 0.6) is 11.5 Å². The Kier molecular flexibility index (Phi) is 6.06. The molecule has 0 bridgehead atoms. The van der Waals surface area contributed by atoms with Crippen LogP contribution in [0, 0.1) is 6.92 Å². The molecule has 0 radical (unpaired) electrons. The number of oxazole rings is 1. The van der Waals surface area contributed by atoms with Crippen molar-refractivity contribution in [2.45, 2.75) is 26.7 Å². The first kappa shape index (κ1) is 19.7. The standard InChI is InChI=1S/C24H22N2O4/c1-17-23(26-24(30-17)20-7-3-2-4-8-20)16-29-21-9-5-6-18(10-21)15-28-22-11-19(14-27)12-25-13-22/h2-13,27H,14-16H2,1H3. The first-order valence-corrected chi connectivity index (χ1v) is 9.62. The van der Waals surface area contributed by atoms with Crippen LogP contribution in [0.25, 0.3) is 11.5 Å². The van der Waals surface area contributed by atoms with Crippen molar-refractivity contribution < 1.29 is 19.0 Å². The fraction of sp³-hybridized carbons (Fsp3) is 0.167. The minimum absolute atomic E-state index is 0.0685. The lowest BCUT2D eigenvalue weighted by Crippen LogP contribution is -2.00. The van der Waals surface area contributed by atoms with E-state index in [-0.39, 0.29) is 6.61 Å². The van der Waals surface area contributed by atoms with E-state index < -0.39 is 0 Å². The van der Waals surface area contributed by atoms with Gasteiger partial charge in [-0.25, -0.2) is 4.98 Å². The molecule has 0 aliphatic heterocycles. The number of hydrogen-bond donors (Lipinski definition) is 1. The molecule has 0 fully saturated rings. The lowest BCUT2D eigenvalue weighted by Gasteiger charge is -2.09. The number of pyridine rings is 1. The zero-order valence-electron chi connectivity index (χ0n) is 16.6. The van der Waals surface area contributed by atoms with E-state index in [4.69, 9.17) is 13.9 Å². The van der Waals surface area contributed by atoms with Crippen molar-refractivity contribution in [2.75, 3.05) is 0 Å². The molecule has 0 saturated carbocycles. The lowest BCUT2D eigenvalue weighted by atomic mass is 10.2.